The summed E-state index contributed by atoms with van der Waals surface area (Å²) in [7, 11) is 0. The van der Waals surface area contributed by atoms with Crippen LogP contribution in [0, 0.1) is 5.92 Å². The van der Waals surface area contributed by atoms with E-state index in [4.69, 9.17) is 9.84 Å². The number of benzene rings is 1. The van der Waals surface area contributed by atoms with Crippen molar-refractivity contribution in [3.8, 4) is 0 Å². The average molecular weight is 320 g/mol. The molecule has 126 valence electrons. The normalized spacial score (nSPS) is 10.6. The summed E-state index contributed by atoms with van der Waals surface area (Å²) in [4.78, 5) is 34.6. The fraction of sp³-hybridized carbons (Fsp3) is 0.500. The van der Waals surface area contributed by atoms with E-state index in [1.807, 2.05) is 0 Å². The van der Waals surface area contributed by atoms with Crippen LogP contribution >= 0.6 is 0 Å². The number of ether oxygens (including phenoxy) is 1. The maximum atomic E-state index is 11.9. The van der Waals surface area contributed by atoms with Crippen molar-refractivity contribution in [2.24, 2.45) is 5.92 Å². The van der Waals surface area contributed by atoms with E-state index < -0.39 is 17.9 Å². The molecule has 0 aliphatic rings. The van der Waals surface area contributed by atoms with Crippen LogP contribution in [0.4, 0.5) is 0 Å². The van der Waals surface area contributed by atoms with Crippen LogP contribution in [0.25, 0.3) is 0 Å². The van der Waals surface area contributed by atoms with Gasteiger partial charge in [0.05, 0.1) is 11.1 Å². The maximum Gasteiger partial charge on any atom is 0.346 e. The Morgan fingerprint density at radius 2 is 1.61 bits per heavy atom. The maximum absolute atomic E-state index is 11.9. The number of esters is 2. The van der Waals surface area contributed by atoms with E-state index in [9.17, 15) is 14.4 Å². The predicted octanol–water partition coefficient (Wildman–Crippen LogP) is 4.06. The van der Waals surface area contributed by atoms with Gasteiger partial charge in [-0.3, -0.25) is 4.79 Å². The second-order valence-corrected chi connectivity index (χ2v) is 5.96. The van der Waals surface area contributed by atoms with Crippen LogP contribution in [-0.2, 0) is 9.53 Å². The standard InChI is InChI=1S/C18H24O5/c1-13(2)9-5-3-4-6-12-16(19)23-18(22)15-11-8-7-10-14(15)17(20)21/h7-8,10-11,13H,3-6,9,12H2,1-2H3,(H,20,21). The number of hydrogen-bond acceptors (Lipinski definition) is 4. The lowest BCUT2D eigenvalue weighted by atomic mass is 10.0. The molecule has 0 bridgehead atoms. The molecular weight excluding hydrogens is 296 g/mol. The lowest BCUT2D eigenvalue weighted by Gasteiger charge is -2.06. The molecule has 23 heavy (non-hydrogen) atoms. The number of unbranched alkanes of at least 4 members (excludes halogenated alkanes) is 3. The Morgan fingerprint density at radius 1 is 1.00 bits per heavy atom. The molecule has 1 rings (SSSR count). The van der Waals surface area contributed by atoms with Crippen molar-refractivity contribution in [3.05, 3.63) is 35.4 Å². The number of rotatable bonds is 9. The van der Waals surface area contributed by atoms with E-state index in [1.165, 1.54) is 30.7 Å². The number of carboxylic acid groups (broad SMARTS) is 1. The SMILES string of the molecule is CC(C)CCCCCCC(=O)OC(=O)c1ccccc1C(=O)O. The second kappa shape index (κ2) is 9.77. The molecule has 0 aliphatic heterocycles. The van der Waals surface area contributed by atoms with Crippen molar-refractivity contribution in [1.82, 2.24) is 0 Å². The summed E-state index contributed by atoms with van der Waals surface area (Å²) in [6, 6.07) is 5.69. The quantitative estimate of drug-likeness (QED) is 0.421. The van der Waals surface area contributed by atoms with Gasteiger partial charge < -0.3 is 9.84 Å². The van der Waals surface area contributed by atoms with Crippen LogP contribution in [-0.4, -0.2) is 23.0 Å². The Morgan fingerprint density at radius 3 is 2.22 bits per heavy atom. The molecule has 0 aliphatic carbocycles. The fourth-order valence-electron chi connectivity index (χ4n) is 2.23. The van der Waals surface area contributed by atoms with Crippen LogP contribution in [0.3, 0.4) is 0 Å². The monoisotopic (exact) mass is 320 g/mol. The molecule has 0 fully saturated rings. The molecule has 5 nitrogen and oxygen atoms in total. The minimum absolute atomic E-state index is 0.106. The first-order valence-electron chi connectivity index (χ1n) is 7.99. The first-order valence-corrected chi connectivity index (χ1v) is 7.99. The van der Waals surface area contributed by atoms with Gasteiger partial charge in [-0.05, 0) is 24.5 Å². The van der Waals surface area contributed by atoms with E-state index in [2.05, 4.69) is 13.8 Å². The summed E-state index contributed by atoms with van der Waals surface area (Å²) >= 11 is 0. The molecule has 0 unspecified atom stereocenters. The summed E-state index contributed by atoms with van der Waals surface area (Å²) in [5, 5.41) is 9.02. The van der Waals surface area contributed by atoms with E-state index in [0.717, 1.165) is 19.3 Å². The van der Waals surface area contributed by atoms with Crippen molar-refractivity contribution in [2.45, 2.75) is 52.4 Å². The average Bonchev–Trinajstić information content (AvgIpc) is 2.50. The molecule has 0 atom stereocenters. The van der Waals surface area contributed by atoms with Gasteiger partial charge in [0, 0.05) is 6.42 Å². The molecule has 1 N–H and O–H groups in total. The molecular formula is C18H24O5. The highest BCUT2D eigenvalue weighted by Gasteiger charge is 2.19. The van der Waals surface area contributed by atoms with E-state index in [-0.39, 0.29) is 17.5 Å². The second-order valence-electron chi connectivity index (χ2n) is 5.96. The molecule has 0 saturated carbocycles. The molecule has 1 aromatic rings. The topological polar surface area (TPSA) is 80.7 Å². The molecule has 0 aromatic heterocycles. The summed E-state index contributed by atoms with van der Waals surface area (Å²) in [5.74, 6) is -2.06. The van der Waals surface area contributed by atoms with Crippen LogP contribution in [0.5, 0.6) is 0 Å². The minimum Gasteiger partial charge on any atom is -0.478 e. The molecule has 0 radical (unpaired) electrons. The molecule has 0 heterocycles. The van der Waals surface area contributed by atoms with Gasteiger partial charge >= 0.3 is 17.9 Å². The van der Waals surface area contributed by atoms with Gasteiger partial charge in [-0.15, -0.1) is 0 Å². The van der Waals surface area contributed by atoms with Gasteiger partial charge in [-0.25, -0.2) is 9.59 Å². The highest BCUT2D eigenvalue weighted by atomic mass is 16.6. The third-order valence-corrected chi connectivity index (χ3v) is 3.50. The van der Waals surface area contributed by atoms with Crippen molar-refractivity contribution in [3.63, 3.8) is 0 Å². The Hall–Kier alpha value is -2.17. The molecule has 0 amide bonds. The first kappa shape index (κ1) is 18.9. The van der Waals surface area contributed by atoms with Crippen LogP contribution in [0.2, 0.25) is 0 Å². The third-order valence-electron chi connectivity index (χ3n) is 3.50. The smallest absolute Gasteiger partial charge is 0.346 e. The molecule has 5 heteroatoms. The van der Waals surface area contributed by atoms with Crippen molar-refractivity contribution >= 4 is 17.9 Å². The van der Waals surface area contributed by atoms with Crippen LogP contribution in [0.1, 0.15) is 73.1 Å². The lowest BCUT2D eigenvalue weighted by molar-refractivity contribution is -0.138. The van der Waals surface area contributed by atoms with Gasteiger partial charge in [0.1, 0.15) is 0 Å². The number of aromatic carboxylic acids is 1. The zero-order chi connectivity index (χ0) is 17.2. The number of carbonyl (C=O) groups excluding carboxylic acids is 2. The van der Waals surface area contributed by atoms with E-state index >= 15 is 0 Å². The van der Waals surface area contributed by atoms with Crippen LogP contribution < -0.4 is 0 Å². The Kier molecular flexibility index (Phi) is 8.02. The molecule has 0 saturated heterocycles. The Labute approximate surface area is 136 Å². The number of carbonyl (C=O) groups is 3. The Balaban J connectivity index is 2.37. The minimum atomic E-state index is -1.23. The van der Waals surface area contributed by atoms with Crippen molar-refractivity contribution < 1.29 is 24.2 Å². The number of carboxylic acids is 1. The van der Waals surface area contributed by atoms with E-state index in [1.54, 1.807) is 0 Å². The van der Waals surface area contributed by atoms with E-state index in [0.29, 0.717) is 12.3 Å². The molecule has 1 aromatic carbocycles. The lowest BCUT2D eigenvalue weighted by Crippen LogP contribution is -2.15. The summed E-state index contributed by atoms with van der Waals surface area (Å²) in [5.41, 5.74) is -0.274. The molecule has 0 spiro atoms. The van der Waals surface area contributed by atoms with Crippen molar-refractivity contribution in [2.75, 3.05) is 0 Å². The Bertz CT molecular complexity index is 548. The summed E-state index contributed by atoms with van der Waals surface area (Å²) in [6.07, 6.45) is 5.13. The van der Waals surface area contributed by atoms with Gasteiger partial charge in [0.15, 0.2) is 0 Å². The zero-order valence-electron chi connectivity index (χ0n) is 13.7. The highest BCUT2D eigenvalue weighted by molar-refractivity contribution is 6.05. The third kappa shape index (κ3) is 7.08. The fourth-order valence-corrected chi connectivity index (χ4v) is 2.23. The summed E-state index contributed by atoms with van der Waals surface area (Å²) < 4.78 is 4.73. The highest BCUT2D eigenvalue weighted by Crippen LogP contribution is 2.13. The summed E-state index contributed by atoms with van der Waals surface area (Å²) in [6.45, 7) is 4.36. The predicted molar refractivity (Wildman–Crippen MR) is 86.4 cm³/mol. The largest absolute Gasteiger partial charge is 0.478 e. The van der Waals surface area contributed by atoms with Crippen molar-refractivity contribution in [1.29, 1.82) is 0 Å². The number of hydrogen-bond donors (Lipinski definition) is 1. The van der Waals surface area contributed by atoms with Gasteiger partial charge in [-0.2, -0.15) is 0 Å². The van der Waals surface area contributed by atoms with Gasteiger partial charge in [-0.1, -0.05) is 51.7 Å². The zero-order valence-corrected chi connectivity index (χ0v) is 13.7. The van der Waals surface area contributed by atoms with Crippen LogP contribution in [0.15, 0.2) is 24.3 Å². The van der Waals surface area contributed by atoms with Gasteiger partial charge in [0.25, 0.3) is 0 Å². The van der Waals surface area contributed by atoms with Gasteiger partial charge in [0.2, 0.25) is 0 Å². The first-order chi connectivity index (χ1) is 10.9.